The van der Waals surface area contributed by atoms with Gasteiger partial charge in [-0.25, -0.2) is 14.8 Å². The highest BCUT2D eigenvalue weighted by Gasteiger charge is 2.14. The lowest BCUT2D eigenvalue weighted by atomic mass is 10.3. The Balaban J connectivity index is 2.13. The molecule has 2 N–H and O–H groups in total. The van der Waals surface area contributed by atoms with Crippen molar-refractivity contribution >= 4 is 23.1 Å². The van der Waals surface area contributed by atoms with Crippen molar-refractivity contribution in [2.75, 3.05) is 5.32 Å². The van der Waals surface area contributed by atoms with Crippen molar-refractivity contribution in [3.05, 3.63) is 33.7 Å². The van der Waals surface area contributed by atoms with Gasteiger partial charge in [0, 0.05) is 5.38 Å². The Hall–Kier alpha value is -2.02. The molecular formula is C12H14N4O2S. The van der Waals surface area contributed by atoms with Crippen LogP contribution < -0.4 is 5.32 Å². The molecule has 100 valence electrons. The van der Waals surface area contributed by atoms with E-state index in [1.165, 1.54) is 16.7 Å². The molecule has 0 spiro atoms. The van der Waals surface area contributed by atoms with Crippen molar-refractivity contribution in [1.29, 1.82) is 0 Å². The van der Waals surface area contributed by atoms with E-state index < -0.39 is 5.97 Å². The first kappa shape index (κ1) is 13.4. The quantitative estimate of drug-likeness (QED) is 0.893. The number of hydrogen-bond donors (Lipinski definition) is 2. The molecule has 7 heteroatoms. The third-order valence-electron chi connectivity index (χ3n) is 2.67. The van der Waals surface area contributed by atoms with E-state index >= 15 is 0 Å². The first-order chi connectivity index (χ1) is 8.97. The molecule has 2 aromatic heterocycles. The molecule has 0 bridgehead atoms. The summed E-state index contributed by atoms with van der Waals surface area (Å²) >= 11 is 1.31. The van der Waals surface area contributed by atoms with Crippen LogP contribution in [0.15, 0.2) is 11.6 Å². The average molecular weight is 278 g/mol. The summed E-state index contributed by atoms with van der Waals surface area (Å²) < 4.78 is 0. The van der Waals surface area contributed by atoms with Crippen LogP contribution in [0, 0.1) is 13.8 Å². The molecule has 0 aliphatic carbocycles. The summed E-state index contributed by atoms with van der Waals surface area (Å²) in [6, 6.07) is -0.116. The van der Waals surface area contributed by atoms with E-state index in [9.17, 15) is 4.79 Å². The lowest BCUT2D eigenvalue weighted by Gasteiger charge is -2.12. The average Bonchev–Trinajstić information content (AvgIpc) is 2.83. The number of carboxylic acid groups (broad SMARTS) is 1. The summed E-state index contributed by atoms with van der Waals surface area (Å²) in [6.07, 6.45) is 1.66. The van der Waals surface area contributed by atoms with E-state index in [2.05, 4.69) is 20.3 Å². The zero-order valence-electron chi connectivity index (χ0n) is 10.8. The van der Waals surface area contributed by atoms with E-state index in [0.717, 1.165) is 11.4 Å². The fraction of sp³-hybridized carbons (Fsp3) is 0.333. The Morgan fingerprint density at radius 3 is 2.68 bits per heavy atom. The van der Waals surface area contributed by atoms with E-state index in [0.29, 0.717) is 10.8 Å². The standard InChI is InChI=1S/C12H14N4O2S/c1-6-7(2)14-10(4-13-6)15-8(3)11-16-9(5-19-11)12(17)18/h4-5,8H,1-3H3,(H,14,15)(H,17,18). The third kappa shape index (κ3) is 3.05. The summed E-state index contributed by atoms with van der Waals surface area (Å²) in [5, 5.41) is 14.2. The zero-order valence-corrected chi connectivity index (χ0v) is 11.7. The van der Waals surface area contributed by atoms with Gasteiger partial charge >= 0.3 is 5.97 Å². The second-order valence-corrected chi connectivity index (χ2v) is 5.06. The predicted molar refractivity (Wildman–Crippen MR) is 72.6 cm³/mol. The number of nitrogens with zero attached hydrogens (tertiary/aromatic N) is 3. The number of rotatable bonds is 4. The van der Waals surface area contributed by atoms with Crippen LogP contribution in [-0.4, -0.2) is 26.0 Å². The number of aromatic nitrogens is 3. The number of carboxylic acids is 1. The van der Waals surface area contributed by atoms with Gasteiger partial charge < -0.3 is 10.4 Å². The highest BCUT2D eigenvalue weighted by atomic mass is 32.1. The monoisotopic (exact) mass is 278 g/mol. The van der Waals surface area contributed by atoms with Crippen LogP contribution in [-0.2, 0) is 0 Å². The number of anilines is 1. The van der Waals surface area contributed by atoms with Crippen molar-refractivity contribution in [2.45, 2.75) is 26.8 Å². The van der Waals surface area contributed by atoms with Gasteiger partial charge in [0.1, 0.15) is 10.8 Å². The third-order valence-corrected chi connectivity index (χ3v) is 3.70. The van der Waals surface area contributed by atoms with Crippen molar-refractivity contribution in [3.63, 3.8) is 0 Å². The van der Waals surface area contributed by atoms with Crippen LogP contribution in [0.1, 0.15) is 39.8 Å². The fourth-order valence-corrected chi connectivity index (χ4v) is 2.28. The highest BCUT2D eigenvalue weighted by Crippen LogP contribution is 2.21. The number of hydrogen-bond acceptors (Lipinski definition) is 6. The van der Waals surface area contributed by atoms with Crippen LogP contribution >= 0.6 is 11.3 Å². The Labute approximate surface area is 114 Å². The van der Waals surface area contributed by atoms with E-state index in [1.807, 2.05) is 20.8 Å². The van der Waals surface area contributed by atoms with Crippen molar-refractivity contribution < 1.29 is 9.90 Å². The number of nitrogens with one attached hydrogen (secondary N) is 1. The smallest absolute Gasteiger partial charge is 0.355 e. The predicted octanol–water partition coefficient (Wildman–Crippen LogP) is 2.42. The van der Waals surface area contributed by atoms with E-state index in [4.69, 9.17) is 5.11 Å². The maximum Gasteiger partial charge on any atom is 0.355 e. The van der Waals surface area contributed by atoms with E-state index in [1.54, 1.807) is 6.20 Å². The van der Waals surface area contributed by atoms with Crippen molar-refractivity contribution in [2.24, 2.45) is 0 Å². The normalized spacial score (nSPS) is 12.2. The van der Waals surface area contributed by atoms with Gasteiger partial charge in [0.2, 0.25) is 0 Å². The van der Waals surface area contributed by atoms with Gasteiger partial charge in [-0.15, -0.1) is 11.3 Å². The number of aromatic carboxylic acids is 1. The molecule has 0 fully saturated rings. The topological polar surface area (TPSA) is 88.0 Å². The molecule has 2 heterocycles. The van der Waals surface area contributed by atoms with Gasteiger partial charge in [0.15, 0.2) is 5.69 Å². The summed E-state index contributed by atoms with van der Waals surface area (Å²) in [5.41, 5.74) is 1.82. The number of aryl methyl sites for hydroxylation is 2. The van der Waals surface area contributed by atoms with Gasteiger partial charge in [-0.05, 0) is 20.8 Å². The van der Waals surface area contributed by atoms with Crippen LogP contribution in [0.4, 0.5) is 5.82 Å². The van der Waals surface area contributed by atoms with Crippen LogP contribution in [0.2, 0.25) is 0 Å². The second kappa shape index (κ2) is 5.31. The van der Waals surface area contributed by atoms with Crippen molar-refractivity contribution in [3.8, 4) is 0 Å². The first-order valence-corrected chi connectivity index (χ1v) is 6.61. The SMILES string of the molecule is Cc1ncc(NC(C)c2nc(C(=O)O)cs2)nc1C. The van der Waals surface area contributed by atoms with Gasteiger partial charge in [0.05, 0.1) is 23.6 Å². The molecule has 0 aliphatic heterocycles. The molecule has 0 amide bonds. The molecule has 6 nitrogen and oxygen atoms in total. The van der Waals surface area contributed by atoms with Gasteiger partial charge in [0.25, 0.3) is 0 Å². The molecule has 2 rings (SSSR count). The molecule has 2 aromatic rings. The summed E-state index contributed by atoms with van der Waals surface area (Å²) in [4.78, 5) is 23.4. The Kier molecular flexibility index (Phi) is 3.75. The molecule has 0 aliphatic rings. The van der Waals surface area contributed by atoms with Crippen LogP contribution in [0.25, 0.3) is 0 Å². The highest BCUT2D eigenvalue weighted by molar-refractivity contribution is 7.09. The first-order valence-electron chi connectivity index (χ1n) is 5.73. The van der Waals surface area contributed by atoms with Gasteiger partial charge in [-0.1, -0.05) is 0 Å². The molecule has 0 saturated carbocycles. The molecule has 19 heavy (non-hydrogen) atoms. The number of carbonyl (C=O) groups is 1. The Morgan fingerprint density at radius 2 is 2.11 bits per heavy atom. The molecule has 0 saturated heterocycles. The molecule has 0 aromatic carbocycles. The lowest BCUT2D eigenvalue weighted by molar-refractivity contribution is 0.0691. The minimum Gasteiger partial charge on any atom is -0.476 e. The van der Waals surface area contributed by atoms with Crippen LogP contribution in [0.3, 0.4) is 0 Å². The summed E-state index contributed by atoms with van der Waals surface area (Å²) in [6.45, 7) is 5.70. The maximum absolute atomic E-state index is 10.8. The van der Waals surface area contributed by atoms with E-state index in [-0.39, 0.29) is 11.7 Å². The maximum atomic E-state index is 10.8. The van der Waals surface area contributed by atoms with Gasteiger partial charge in [-0.3, -0.25) is 4.98 Å². The molecule has 1 atom stereocenters. The molecule has 0 radical (unpaired) electrons. The van der Waals surface area contributed by atoms with Crippen LogP contribution in [0.5, 0.6) is 0 Å². The minimum absolute atomic E-state index is 0.0693. The summed E-state index contributed by atoms with van der Waals surface area (Å²) in [5.74, 6) is -0.358. The van der Waals surface area contributed by atoms with Gasteiger partial charge in [-0.2, -0.15) is 0 Å². The number of thiazole rings is 1. The molecule has 1 unspecified atom stereocenters. The minimum atomic E-state index is -1.01. The zero-order chi connectivity index (χ0) is 14.0. The Morgan fingerprint density at radius 1 is 1.37 bits per heavy atom. The summed E-state index contributed by atoms with van der Waals surface area (Å²) in [7, 11) is 0. The fourth-order valence-electron chi connectivity index (χ4n) is 1.48. The molecular weight excluding hydrogens is 264 g/mol. The largest absolute Gasteiger partial charge is 0.476 e. The Bertz CT molecular complexity index is 612. The lowest BCUT2D eigenvalue weighted by Crippen LogP contribution is -2.09. The second-order valence-electron chi connectivity index (χ2n) is 4.17. The van der Waals surface area contributed by atoms with Crippen molar-refractivity contribution in [1.82, 2.24) is 15.0 Å².